The molecule has 0 unspecified atom stereocenters. The van der Waals surface area contributed by atoms with Gasteiger partial charge >= 0.3 is 0 Å². The van der Waals surface area contributed by atoms with Gasteiger partial charge in [-0.3, -0.25) is 9.10 Å². The molecule has 6 nitrogen and oxygen atoms in total. The van der Waals surface area contributed by atoms with Crippen LogP contribution in [0.25, 0.3) is 0 Å². The zero-order valence-electron chi connectivity index (χ0n) is 15.8. The molecule has 0 heterocycles. The number of ether oxygens (including phenoxy) is 1. The van der Waals surface area contributed by atoms with E-state index in [2.05, 4.69) is 5.32 Å². The van der Waals surface area contributed by atoms with Crippen LogP contribution >= 0.6 is 23.2 Å². The zero-order chi connectivity index (χ0) is 20.9. The summed E-state index contributed by atoms with van der Waals surface area (Å²) < 4.78 is 30.9. The molecule has 0 fully saturated rings. The first kappa shape index (κ1) is 22.3. The number of anilines is 1. The highest BCUT2D eigenvalue weighted by Crippen LogP contribution is 2.30. The van der Waals surface area contributed by atoms with E-state index in [1.54, 1.807) is 6.07 Å². The standard InChI is InChI=1S/C19H22Cl2N2O4S/c1-13-5-4-6-18(14(13)2)27-10-9-22-19(24)12-23(28(3,25)26)17-11-15(20)7-8-16(17)21/h4-8,11H,9-10,12H2,1-3H3,(H,22,24). The lowest BCUT2D eigenvalue weighted by atomic mass is 10.1. The molecule has 2 aromatic carbocycles. The summed E-state index contributed by atoms with van der Waals surface area (Å²) in [5.41, 5.74) is 2.30. The van der Waals surface area contributed by atoms with Crippen molar-refractivity contribution in [2.45, 2.75) is 13.8 Å². The van der Waals surface area contributed by atoms with Crippen molar-refractivity contribution in [1.29, 1.82) is 0 Å². The fourth-order valence-corrected chi connectivity index (χ4v) is 3.77. The predicted molar refractivity (Wildman–Crippen MR) is 113 cm³/mol. The van der Waals surface area contributed by atoms with E-state index < -0.39 is 22.5 Å². The van der Waals surface area contributed by atoms with E-state index in [0.717, 1.165) is 27.4 Å². The summed E-state index contributed by atoms with van der Waals surface area (Å²) in [6.45, 7) is 4.02. The molecule has 28 heavy (non-hydrogen) atoms. The van der Waals surface area contributed by atoms with Crippen LogP contribution in [0.3, 0.4) is 0 Å². The van der Waals surface area contributed by atoms with Gasteiger partial charge in [-0.1, -0.05) is 35.3 Å². The molecule has 1 N–H and O–H groups in total. The molecular weight excluding hydrogens is 423 g/mol. The second-order valence-electron chi connectivity index (χ2n) is 6.26. The van der Waals surface area contributed by atoms with Gasteiger partial charge in [0.15, 0.2) is 0 Å². The van der Waals surface area contributed by atoms with Crippen LogP contribution in [-0.2, 0) is 14.8 Å². The summed E-state index contributed by atoms with van der Waals surface area (Å²) in [5.74, 6) is 0.267. The smallest absolute Gasteiger partial charge is 0.240 e. The van der Waals surface area contributed by atoms with Gasteiger partial charge in [-0.15, -0.1) is 0 Å². The van der Waals surface area contributed by atoms with Gasteiger partial charge in [0.25, 0.3) is 0 Å². The number of amides is 1. The number of halogens is 2. The molecule has 0 saturated carbocycles. The molecule has 152 valence electrons. The first-order valence-corrected chi connectivity index (χ1v) is 11.1. The maximum atomic E-state index is 12.3. The van der Waals surface area contributed by atoms with Crippen LogP contribution in [0.2, 0.25) is 10.0 Å². The lowest BCUT2D eigenvalue weighted by Gasteiger charge is -2.23. The van der Waals surface area contributed by atoms with Crippen molar-refractivity contribution < 1.29 is 17.9 Å². The van der Waals surface area contributed by atoms with Crippen LogP contribution in [0.15, 0.2) is 36.4 Å². The SMILES string of the molecule is Cc1cccc(OCCNC(=O)CN(c2cc(Cl)ccc2Cl)S(C)(=O)=O)c1C. The number of hydrogen-bond acceptors (Lipinski definition) is 4. The number of carbonyl (C=O) groups is 1. The second-order valence-corrected chi connectivity index (χ2v) is 9.01. The summed E-state index contributed by atoms with van der Waals surface area (Å²) in [5, 5.41) is 3.14. The number of sulfonamides is 1. The van der Waals surface area contributed by atoms with E-state index in [-0.39, 0.29) is 23.9 Å². The first-order valence-electron chi connectivity index (χ1n) is 8.48. The van der Waals surface area contributed by atoms with Crippen LogP contribution in [0.1, 0.15) is 11.1 Å². The summed E-state index contributed by atoms with van der Waals surface area (Å²) >= 11 is 12.0. The maximum absolute atomic E-state index is 12.3. The van der Waals surface area contributed by atoms with E-state index >= 15 is 0 Å². The second kappa shape index (κ2) is 9.49. The lowest BCUT2D eigenvalue weighted by Crippen LogP contribution is -2.41. The number of rotatable bonds is 8. The van der Waals surface area contributed by atoms with Crippen LogP contribution in [0.5, 0.6) is 5.75 Å². The van der Waals surface area contributed by atoms with E-state index in [1.807, 2.05) is 32.0 Å². The van der Waals surface area contributed by atoms with E-state index in [4.69, 9.17) is 27.9 Å². The van der Waals surface area contributed by atoms with Crippen molar-refractivity contribution in [3.8, 4) is 5.75 Å². The molecule has 9 heteroatoms. The molecule has 1 amide bonds. The molecule has 0 atom stereocenters. The maximum Gasteiger partial charge on any atom is 0.240 e. The minimum atomic E-state index is -3.74. The topological polar surface area (TPSA) is 75.7 Å². The Balaban J connectivity index is 1.97. The average Bonchev–Trinajstić information content (AvgIpc) is 2.61. The number of aryl methyl sites for hydroxylation is 1. The van der Waals surface area contributed by atoms with Crippen LogP contribution < -0.4 is 14.4 Å². The van der Waals surface area contributed by atoms with Crippen LogP contribution in [0.4, 0.5) is 5.69 Å². The van der Waals surface area contributed by atoms with Gasteiger partial charge in [-0.25, -0.2) is 8.42 Å². The molecule has 0 aliphatic heterocycles. The molecule has 0 bridgehead atoms. The summed E-state index contributed by atoms with van der Waals surface area (Å²) in [7, 11) is -3.74. The highest BCUT2D eigenvalue weighted by molar-refractivity contribution is 7.92. The van der Waals surface area contributed by atoms with Crippen molar-refractivity contribution in [3.05, 3.63) is 57.6 Å². The highest BCUT2D eigenvalue weighted by Gasteiger charge is 2.23. The molecular formula is C19H22Cl2N2O4S. The Bertz CT molecular complexity index is 964. The van der Waals surface area contributed by atoms with Crippen molar-refractivity contribution in [2.24, 2.45) is 0 Å². The molecule has 0 radical (unpaired) electrons. The number of hydrogen-bond donors (Lipinski definition) is 1. The van der Waals surface area contributed by atoms with Crippen LogP contribution in [-0.4, -0.2) is 40.3 Å². The van der Waals surface area contributed by atoms with E-state index in [1.165, 1.54) is 12.1 Å². The third-order valence-corrected chi connectivity index (χ3v) is 5.78. The first-order chi connectivity index (χ1) is 13.1. The van der Waals surface area contributed by atoms with Gasteiger partial charge in [0.2, 0.25) is 15.9 Å². The summed E-state index contributed by atoms with van der Waals surface area (Å²) in [6.07, 6.45) is 1.00. The molecule has 0 saturated heterocycles. The summed E-state index contributed by atoms with van der Waals surface area (Å²) in [6, 6.07) is 10.2. The Labute approximate surface area is 175 Å². The number of benzene rings is 2. The quantitative estimate of drug-likeness (QED) is 0.631. The van der Waals surface area contributed by atoms with Crippen molar-refractivity contribution in [2.75, 3.05) is 30.3 Å². The molecule has 0 aliphatic carbocycles. The Kier molecular flexibility index (Phi) is 7.57. The van der Waals surface area contributed by atoms with Crippen LogP contribution in [0, 0.1) is 13.8 Å². The third-order valence-electron chi connectivity index (χ3n) is 4.10. The monoisotopic (exact) mass is 444 g/mol. The van der Waals surface area contributed by atoms with Crippen molar-refractivity contribution in [1.82, 2.24) is 5.32 Å². The molecule has 0 aromatic heterocycles. The minimum Gasteiger partial charge on any atom is -0.491 e. The normalized spacial score (nSPS) is 11.2. The Morgan fingerprint density at radius 2 is 1.89 bits per heavy atom. The van der Waals surface area contributed by atoms with Gasteiger partial charge < -0.3 is 10.1 Å². The third kappa shape index (κ3) is 6.02. The van der Waals surface area contributed by atoms with Crippen molar-refractivity contribution in [3.63, 3.8) is 0 Å². The molecule has 0 aliphatic rings. The Morgan fingerprint density at radius 3 is 2.57 bits per heavy atom. The van der Waals surface area contributed by atoms with Gasteiger partial charge in [0.05, 0.1) is 23.5 Å². The van der Waals surface area contributed by atoms with Crippen molar-refractivity contribution >= 4 is 44.8 Å². The zero-order valence-corrected chi connectivity index (χ0v) is 18.2. The number of nitrogens with zero attached hydrogens (tertiary/aromatic N) is 1. The van der Waals surface area contributed by atoms with E-state index in [9.17, 15) is 13.2 Å². The Morgan fingerprint density at radius 1 is 1.18 bits per heavy atom. The molecule has 0 spiro atoms. The average molecular weight is 445 g/mol. The minimum absolute atomic E-state index is 0.151. The fraction of sp³-hybridized carbons (Fsp3) is 0.316. The molecule has 2 rings (SSSR count). The van der Waals surface area contributed by atoms with E-state index in [0.29, 0.717) is 5.02 Å². The Hall–Kier alpha value is -1.96. The van der Waals surface area contributed by atoms with Gasteiger partial charge in [0.1, 0.15) is 18.9 Å². The lowest BCUT2D eigenvalue weighted by molar-refractivity contribution is -0.119. The van der Waals surface area contributed by atoms with Gasteiger partial charge in [-0.2, -0.15) is 0 Å². The van der Waals surface area contributed by atoms with Gasteiger partial charge in [-0.05, 0) is 49.2 Å². The fourth-order valence-electron chi connectivity index (χ4n) is 2.48. The summed E-state index contributed by atoms with van der Waals surface area (Å²) in [4.78, 5) is 12.3. The molecule has 2 aromatic rings. The number of nitrogens with one attached hydrogen (secondary N) is 1. The number of carbonyl (C=O) groups excluding carboxylic acids is 1. The predicted octanol–water partition coefficient (Wildman–Crippen LogP) is 3.57. The van der Waals surface area contributed by atoms with Gasteiger partial charge in [0, 0.05) is 5.02 Å². The highest BCUT2D eigenvalue weighted by atomic mass is 35.5. The largest absolute Gasteiger partial charge is 0.491 e.